The largest absolute Gasteiger partial charge is 0.478 e. The van der Waals surface area contributed by atoms with Gasteiger partial charge in [-0.1, -0.05) is 0 Å². The fourth-order valence-corrected chi connectivity index (χ4v) is 2.22. The number of carbonyl (C=O) groups is 2. The smallest absolute Gasteiger partial charge is 0.335 e. The highest BCUT2D eigenvalue weighted by molar-refractivity contribution is 5.87. The van der Waals surface area contributed by atoms with Crippen LogP contribution in [0.5, 0.6) is 0 Å². The molecule has 2 rings (SSSR count). The molecule has 7 heteroatoms. The fraction of sp³-hybridized carbons (Fsp3) is 0.500. The molecular formula is C14H20N4O3. The van der Waals surface area contributed by atoms with E-state index in [0.717, 1.165) is 32.6 Å². The number of carboxylic acids is 1. The summed E-state index contributed by atoms with van der Waals surface area (Å²) in [5.41, 5.74) is 0.716. The van der Waals surface area contributed by atoms with Gasteiger partial charge in [-0.2, -0.15) is 0 Å². The molecule has 1 amide bonds. The molecule has 1 aliphatic rings. The molecule has 2 heterocycles. The van der Waals surface area contributed by atoms with Crippen molar-refractivity contribution in [3.63, 3.8) is 0 Å². The van der Waals surface area contributed by atoms with Gasteiger partial charge in [0.1, 0.15) is 0 Å². The zero-order valence-corrected chi connectivity index (χ0v) is 11.8. The van der Waals surface area contributed by atoms with Crippen molar-refractivity contribution in [1.82, 2.24) is 20.5 Å². The molecule has 1 saturated heterocycles. The molecule has 1 aromatic heterocycles. The Bertz CT molecular complexity index is 499. The van der Waals surface area contributed by atoms with Gasteiger partial charge in [0.25, 0.3) is 0 Å². The Hall–Kier alpha value is -1.99. The number of hydrogen-bond donors (Lipinski definition) is 3. The molecule has 1 fully saturated rings. The van der Waals surface area contributed by atoms with Gasteiger partial charge in [0.2, 0.25) is 5.91 Å². The van der Waals surface area contributed by atoms with Gasteiger partial charge in [0, 0.05) is 19.3 Å². The highest BCUT2D eigenvalue weighted by Crippen LogP contribution is 2.02. The topological polar surface area (TPSA) is 94.6 Å². The predicted molar refractivity (Wildman–Crippen MR) is 77.0 cm³/mol. The van der Waals surface area contributed by atoms with Crippen molar-refractivity contribution in [3.05, 3.63) is 29.6 Å². The lowest BCUT2D eigenvalue weighted by molar-refractivity contribution is -0.122. The van der Waals surface area contributed by atoms with Crippen LogP contribution in [0.1, 0.15) is 22.5 Å². The van der Waals surface area contributed by atoms with Crippen LogP contribution in [-0.4, -0.2) is 59.6 Å². The second kappa shape index (κ2) is 7.70. The van der Waals surface area contributed by atoms with Gasteiger partial charge in [0.15, 0.2) is 0 Å². The third-order valence-electron chi connectivity index (χ3n) is 3.33. The Morgan fingerprint density at radius 2 is 2.24 bits per heavy atom. The van der Waals surface area contributed by atoms with Gasteiger partial charge in [-0.3, -0.25) is 14.7 Å². The Balaban J connectivity index is 1.80. The maximum atomic E-state index is 11.9. The number of aromatic carboxylic acids is 1. The summed E-state index contributed by atoms with van der Waals surface area (Å²) in [5, 5.41) is 15.0. The van der Waals surface area contributed by atoms with Crippen LogP contribution < -0.4 is 10.6 Å². The van der Waals surface area contributed by atoms with E-state index in [1.165, 1.54) is 18.3 Å². The van der Waals surface area contributed by atoms with Crippen molar-refractivity contribution < 1.29 is 14.7 Å². The first-order valence-electron chi connectivity index (χ1n) is 7.03. The van der Waals surface area contributed by atoms with Crippen molar-refractivity contribution in [2.24, 2.45) is 0 Å². The van der Waals surface area contributed by atoms with E-state index < -0.39 is 5.97 Å². The molecule has 0 saturated carbocycles. The van der Waals surface area contributed by atoms with Gasteiger partial charge >= 0.3 is 5.97 Å². The van der Waals surface area contributed by atoms with Crippen LogP contribution in [0.25, 0.3) is 0 Å². The quantitative estimate of drug-likeness (QED) is 0.689. The summed E-state index contributed by atoms with van der Waals surface area (Å²) in [7, 11) is 0. The minimum absolute atomic E-state index is 0.0700. The van der Waals surface area contributed by atoms with E-state index in [1.54, 1.807) is 0 Å². The maximum absolute atomic E-state index is 11.9. The molecule has 0 aromatic carbocycles. The lowest BCUT2D eigenvalue weighted by atomic mass is 10.2. The third-order valence-corrected chi connectivity index (χ3v) is 3.33. The highest BCUT2D eigenvalue weighted by atomic mass is 16.4. The van der Waals surface area contributed by atoms with E-state index in [2.05, 4.69) is 20.5 Å². The monoisotopic (exact) mass is 292 g/mol. The van der Waals surface area contributed by atoms with Crippen LogP contribution in [0.2, 0.25) is 0 Å². The molecule has 1 aromatic rings. The number of aromatic nitrogens is 1. The standard InChI is InChI=1S/C14H20N4O3/c19-13(10-18-6-1-3-15-5-7-18)17-9-12-8-11(14(20)21)2-4-16-12/h2,4,8,15H,1,3,5-7,9-10H2,(H,17,19)(H,20,21). The normalized spacial score (nSPS) is 16.2. The molecule has 0 aliphatic carbocycles. The summed E-state index contributed by atoms with van der Waals surface area (Å²) in [6.45, 7) is 4.26. The third kappa shape index (κ3) is 5.13. The molecule has 1 aliphatic heterocycles. The van der Waals surface area contributed by atoms with E-state index in [-0.39, 0.29) is 18.0 Å². The van der Waals surface area contributed by atoms with E-state index in [1.807, 2.05) is 0 Å². The Morgan fingerprint density at radius 1 is 1.38 bits per heavy atom. The summed E-state index contributed by atoms with van der Waals surface area (Å²) < 4.78 is 0. The van der Waals surface area contributed by atoms with Crippen molar-refractivity contribution in [2.75, 3.05) is 32.7 Å². The molecule has 114 valence electrons. The Morgan fingerprint density at radius 3 is 3.05 bits per heavy atom. The average molecular weight is 292 g/mol. The number of carbonyl (C=O) groups excluding carboxylic acids is 1. The van der Waals surface area contributed by atoms with Crippen LogP contribution in [0.15, 0.2) is 18.3 Å². The lowest BCUT2D eigenvalue weighted by Crippen LogP contribution is -2.38. The SMILES string of the molecule is O=C(CN1CCCNCC1)NCc1cc(C(=O)O)ccn1. The number of nitrogens with zero attached hydrogens (tertiary/aromatic N) is 2. The first-order chi connectivity index (χ1) is 10.1. The summed E-state index contributed by atoms with van der Waals surface area (Å²) in [6, 6.07) is 2.90. The fourth-order valence-electron chi connectivity index (χ4n) is 2.22. The van der Waals surface area contributed by atoms with Crippen molar-refractivity contribution in [3.8, 4) is 0 Å². The van der Waals surface area contributed by atoms with Gasteiger partial charge in [-0.05, 0) is 31.6 Å². The number of nitrogens with one attached hydrogen (secondary N) is 2. The summed E-state index contributed by atoms with van der Waals surface area (Å²) in [6.07, 6.45) is 2.47. The van der Waals surface area contributed by atoms with Crippen molar-refractivity contribution in [2.45, 2.75) is 13.0 Å². The van der Waals surface area contributed by atoms with Crippen LogP contribution >= 0.6 is 0 Å². The summed E-state index contributed by atoms with van der Waals surface area (Å²) >= 11 is 0. The van der Waals surface area contributed by atoms with Crippen LogP contribution in [0, 0.1) is 0 Å². The lowest BCUT2D eigenvalue weighted by Gasteiger charge is -2.18. The van der Waals surface area contributed by atoms with Crippen molar-refractivity contribution >= 4 is 11.9 Å². The minimum Gasteiger partial charge on any atom is -0.478 e. The number of hydrogen-bond acceptors (Lipinski definition) is 5. The molecule has 0 atom stereocenters. The summed E-state index contributed by atoms with van der Waals surface area (Å²) in [5.74, 6) is -1.07. The molecule has 7 nitrogen and oxygen atoms in total. The van der Waals surface area contributed by atoms with Crippen LogP contribution in [0.4, 0.5) is 0 Å². The molecule has 0 bridgehead atoms. The highest BCUT2D eigenvalue weighted by Gasteiger charge is 2.12. The second-order valence-corrected chi connectivity index (χ2v) is 5.00. The van der Waals surface area contributed by atoms with Crippen molar-refractivity contribution in [1.29, 1.82) is 0 Å². The first kappa shape index (κ1) is 15.4. The van der Waals surface area contributed by atoms with Gasteiger partial charge in [0.05, 0.1) is 24.3 Å². The van der Waals surface area contributed by atoms with Gasteiger partial charge in [-0.25, -0.2) is 4.79 Å². The number of amides is 1. The Labute approximate surface area is 123 Å². The zero-order chi connectivity index (χ0) is 15.1. The first-order valence-corrected chi connectivity index (χ1v) is 7.03. The van der Waals surface area contributed by atoms with Gasteiger partial charge < -0.3 is 15.7 Å². The van der Waals surface area contributed by atoms with Crippen LogP contribution in [-0.2, 0) is 11.3 Å². The molecule has 0 spiro atoms. The van der Waals surface area contributed by atoms with Crippen LogP contribution in [0.3, 0.4) is 0 Å². The molecule has 0 unspecified atom stereocenters. The minimum atomic E-state index is -0.998. The Kier molecular flexibility index (Phi) is 5.65. The molecular weight excluding hydrogens is 272 g/mol. The number of rotatable bonds is 5. The van der Waals surface area contributed by atoms with E-state index in [0.29, 0.717) is 12.2 Å². The number of pyridine rings is 1. The maximum Gasteiger partial charge on any atom is 0.335 e. The van der Waals surface area contributed by atoms with E-state index in [4.69, 9.17) is 5.11 Å². The second-order valence-electron chi connectivity index (χ2n) is 5.00. The zero-order valence-electron chi connectivity index (χ0n) is 11.8. The molecule has 21 heavy (non-hydrogen) atoms. The molecule has 0 radical (unpaired) electrons. The van der Waals surface area contributed by atoms with Gasteiger partial charge in [-0.15, -0.1) is 0 Å². The molecule has 3 N–H and O–H groups in total. The number of carboxylic acid groups (broad SMARTS) is 1. The predicted octanol–water partition coefficient (Wildman–Crippen LogP) is -0.309. The summed E-state index contributed by atoms with van der Waals surface area (Å²) in [4.78, 5) is 28.9. The van der Waals surface area contributed by atoms with E-state index in [9.17, 15) is 9.59 Å². The average Bonchev–Trinajstić information content (AvgIpc) is 2.74. The van der Waals surface area contributed by atoms with E-state index >= 15 is 0 Å².